The van der Waals surface area contributed by atoms with Crippen LogP contribution in [0.4, 0.5) is 0 Å². The Morgan fingerprint density at radius 3 is 2.68 bits per heavy atom. The van der Waals surface area contributed by atoms with Gasteiger partial charge in [-0.25, -0.2) is 0 Å². The summed E-state index contributed by atoms with van der Waals surface area (Å²) in [4.78, 5) is 11.9. The minimum absolute atomic E-state index is 0.250. The van der Waals surface area contributed by atoms with Gasteiger partial charge in [0.2, 0.25) is 0 Å². The molecule has 2 rings (SSSR count). The number of aromatic nitrogens is 2. The molecule has 1 N–H and O–H groups in total. The van der Waals surface area contributed by atoms with Crippen molar-refractivity contribution in [1.29, 1.82) is 0 Å². The molecular weight excluding hydrogens is 309 g/mol. The zero-order valence-electron chi connectivity index (χ0n) is 9.74. The van der Waals surface area contributed by atoms with Crippen LogP contribution >= 0.6 is 34.8 Å². The van der Waals surface area contributed by atoms with Crippen molar-refractivity contribution >= 4 is 40.7 Å². The van der Waals surface area contributed by atoms with Gasteiger partial charge >= 0.3 is 0 Å². The van der Waals surface area contributed by atoms with Crippen LogP contribution in [0, 0.1) is 0 Å². The maximum atomic E-state index is 11.9. The number of carbonyl (C=O) groups excluding carboxylic acids is 1. The van der Waals surface area contributed by atoms with E-state index in [-0.39, 0.29) is 5.91 Å². The molecule has 0 aliphatic heterocycles. The topological polar surface area (TPSA) is 46.9 Å². The van der Waals surface area contributed by atoms with Crippen molar-refractivity contribution in [2.45, 2.75) is 6.54 Å². The van der Waals surface area contributed by atoms with E-state index in [1.165, 1.54) is 6.07 Å². The lowest BCUT2D eigenvalue weighted by molar-refractivity contribution is 0.0952. The number of hydrogen-bond acceptors (Lipinski definition) is 2. The summed E-state index contributed by atoms with van der Waals surface area (Å²) < 4.78 is 1.64. The average Bonchev–Trinajstić information content (AvgIpc) is 2.75. The van der Waals surface area contributed by atoms with Crippen LogP contribution in [-0.4, -0.2) is 22.2 Å². The lowest BCUT2D eigenvalue weighted by Gasteiger charge is -2.07. The summed E-state index contributed by atoms with van der Waals surface area (Å²) in [6, 6.07) is 4.74. The van der Waals surface area contributed by atoms with Gasteiger partial charge in [0.1, 0.15) is 0 Å². The molecule has 1 heterocycles. The van der Waals surface area contributed by atoms with Gasteiger partial charge in [0.05, 0.1) is 28.4 Å². The molecule has 0 bridgehead atoms. The number of benzene rings is 1. The van der Waals surface area contributed by atoms with E-state index >= 15 is 0 Å². The molecule has 0 aliphatic carbocycles. The van der Waals surface area contributed by atoms with Crippen LogP contribution in [0.15, 0.2) is 30.6 Å². The van der Waals surface area contributed by atoms with E-state index in [0.29, 0.717) is 33.7 Å². The fourth-order valence-electron chi connectivity index (χ4n) is 1.51. The standard InChI is InChI=1S/C12H10Cl3N3O/c13-8-1-2-10(11(15)5-8)12(19)16-3-4-18-7-9(14)6-17-18/h1-2,5-7H,3-4H2,(H,16,19). The molecule has 100 valence electrons. The molecule has 0 saturated heterocycles. The molecule has 0 aliphatic rings. The molecule has 0 fully saturated rings. The summed E-state index contributed by atoms with van der Waals surface area (Å²) in [6.07, 6.45) is 3.22. The van der Waals surface area contributed by atoms with Gasteiger partial charge in [-0.1, -0.05) is 34.8 Å². The predicted molar refractivity (Wildman–Crippen MR) is 76.0 cm³/mol. The summed E-state index contributed by atoms with van der Waals surface area (Å²) in [5.74, 6) is -0.250. The molecule has 1 aromatic carbocycles. The first-order valence-corrected chi connectivity index (χ1v) is 6.61. The van der Waals surface area contributed by atoms with Gasteiger partial charge in [-0.2, -0.15) is 5.10 Å². The van der Waals surface area contributed by atoms with Crippen molar-refractivity contribution < 1.29 is 4.79 Å². The number of halogens is 3. The van der Waals surface area contributed by atoms with Crippen LogP contribution in [0.2, 0.25) is 15.1 Å². The van der Waals surface area contributed by atoms with Crippen LogP contribution in [-0.2, 0) is 6.54 Å². The first kappa shape index (κ1) is 14.2. The van der Waals surface area contributed by atoms with Gasteiger partial charge < -0.3 is 5.32 Å². The highest BCUT2D eigenvalue weighted by molar-refractivity contribution is 6.36. The lowest BCUT2D eigenvalue weighted by atomic mass is 10.2. The zero-order chi connectivity index (χ0) is 13.8. The minimum Gasteiger partial charge on any atom is -0.350 e. The SMILES string of the molecule is O=C(NCCn1cc(Cl)cn1)c1ccc(Cl)cc1Cl. The maximum Gasteiger partial charge on any atom is 0.252 e. The van der Waals surface area contributed by atoms with Gasteiger partial charge in [0, 0.05) is 17.8 Å². The fraction of sp³-hybridized carbons (Fsp3) is 0.167. The summed E-state index contributed by atoms with van der Waals surface area (Å²) in [5.41, 5.74) is 0.393. The second kappa shape index (κ2) is 6.28. The number of amides is 1. The fourth-order valence-corrected chi connectivity index (χ4v) is 2.16. The monoisotopic (exact) mass is 317 g/mol. The molecule has 1 amide bonds. The van der Waals surface area contributed by atoms with Crippen LogP contribution in [0.5, 0.6) is 0 Å². The van der Waals surface area contributed by atoms with Gasteiger partial charge in [-0.15, -0.1) is 0 Å². The van der Waals surface area contributed by atoms with E-state index in [9.17, 15) is 4.79 Å². The predicted octanol–water partition coefficient (Wildman–Crippen LogP) is 3.27. The third-order valence-electron chi connectivity index (χ3n) is 2.40. The largest absolute Gasteiger partial charge is 0.350 e. The lowest BCUT2D eigenvalue weighted by Crippen LogP contribution is -2.27. The number of rotatable bonds is 4. The Hall–Kier alpha value is -1.23. The Balaban J connectivity index is 1.90. The third-order valence-corrected chi connectivity index (χ3v) is 3.15. The van der Waals surface area contributed by atoms with E-state index in [0.717, 1.165) is 0 Å². The third kappa shape index (κ3) is 3.86. The average molecular weight is 319 g/mol. The highest BCUT2D eigenvalue weighted by atomic mass is 35.5. The first-order chi connectivity index (χ1) is 9.06. The Bertz CT molecular complexity index is 598. The van der Waals surface area contributed by atoms with Crippen LogP contribution in [0.25, 0.3) is 0 Å². The summed E-state index contributed by atoms with van der Waals surface area (Å²) in [6.45, 7) is 0.958. The smallest absolute Gasteiger partial charge is 0.252 e. The summed E-state index contributed by atoms with van der Waals surface area (Å²) in [5, 5.41) is 8.13. The van der Waals surface area contributed by atoms with Crippen molar-refractivity contribution in [3.05, 3.63) is 51.2 Å². The van der Waals surface area contributed by atoms with E-state index in [2.05, 4.69) is 10.4 Å². The number of nitrogens with zero attached hydrogens (tertiary/aromatic N) is 2. The van der Waals surface area contributed by atoms with Crippen LogP contribution in [0.3, 0.4) is 0 Å². The highest BCUT2D eigenvalue weighted by Gasteiger charge is 2.10. The number of carbonyl (C=O) groups is 1. The Kier molecular flexibility index (Phi) is 4.69. The van der Waals surface area contributed by atoms with Gasteiger partial charge in [0.25, 0.3) is 5.91 Å². The van der Waals surface area contributed by atoms with Crippen molar-refractivity contribution in [1.82, 2.24) is 15.1 Å². The van der Waals surface area contributed by atoms with Gasteiger partial charge in [-0.05, 0) is 18.2 Å². The van der Waals surface area contributed by atoms with Crippen LogP contribution < -0.4 is 5.32 Å². The van der Waals surface area contributed by atoms with E-state index in [4.69, 9.17) is 34.8 Å². The normalized spacial score (nSPS) is 10.5. The first-order valence-electron chi connectivity index (χ1n) is 5.47. The van der Waals surface area contributed by atoms with Crippen molar-refractivity contribution in [3.8, 4) is 0 Å². The van der Waals surface area contributed by atoms with Crippen molar-refractivity contribution in [2.75, 3.05) is 6.54 Å². The second-order valence-electron chi connectivity index (χ2n) is 3.80. The van der Waals surface area contributed by atoms with Crippen LogP contribution in [0.1, 0.15) is 10.4 Å². The molecule has 2 aromatic rings. The zero-order valence-corrected chi connectivity index (χ0v) is 12.0. The van der Waals surface area contributed by atoms with Gasteiger partial charge in [-0.3, -0.25) is 9.48 Å². The Morgan fingerprint density at radius 1 is 1.26 bits per heavy atom. The Labute approximate surface area is 125 Å². The van der Waals surface area contributed by atoms with Crippen molar-refractivity contribution in [3.63, 3.8) is 0 Å². The summed E-state index contributed by atoms with van der Waals surface area (Å²) in [7, 11) is 0. The molecule has 7 heteroatoms. The summed E-state index contributed by atoms with van der Waals surface area (Å²) >= 11 is 17.4. The second-order valence-corrected chi connectivity index (χ2v) is 5.08. The molecule has 19 heavy (non-hydrogen) atoms. The molecule has 4 nitrogen and oxygen atoms in total. The molecule has 0 unspecified atom stereocenters. The minimum atomic E-state index is -0.250. The molecule has 1 aromatic heterocycles. The highest BCUT2D eigenvalue weighted by Crippen LogP contribution is 2.20. The molecule has 0 saturated carbocycles. The quantitative estimate of drug-likeness (QED) is 0.940. The number of nitrogens with one attached hydrogen (secondary N) is 1. The molecule has 0 radical (unpaired) electrons. The van der Waals surface area contributed by atoms with Crippen molar-refractivity contribution in [2.24, 2.45) is 0 Å². The Morgan fingerprint density at radius 2 is 2.05 bits per heavy atom. The number of hydrogen-bond donors (Lipinski definition) is 1. The van der Waals surface area contributed by atoms with E-state index < -0.39 is 0 Å². The van der Waals surface area contributed by atoms with Gasteiger partial charge in [0.15, 0.2) is 0 Å². The molecule has 0 atom stereocenters. The van der Waals surface area contributed by atoms with E-state index in [1.807, 2.05) is 0 Å². The molecular formula is C12H10Cl3N3O. The van der Waals surface area contributed by atoms with E-state index in [1.54, 1.807) is 29.2 Å². The maximum absolute atomic E-state index is 11.9. The molecule has 0 spiro atoms.